The van der Waals surface area contributed by atoms with Gasteiger partial charge in [-0.15, -0.1) is 0 Å². The lowest BCUT2D eigenvalue weighted by molar-refractivity contribution is 0.0717. The Morgan fingerprint density at radius 1 is 1.28 bits per heavy atom. The first-order chi connectivity index (χ1) is 8.52. The van der Waals surface area contributed by atoms with Crippen LogP contribution in [0, 0.1) is 0 Å². The van der Waals surface area contributed by atoms with Gasteiger partial charge in [0.05, 0.1) is 11.1 Å². The van der Waals surface area contributed by atoms with Crippen LogP contribution in [0.1, 0.15) is 26.3 Å². The third-order valence-corrected chi connectivity index (χ3v) is 2.88. The lowest BCUT2D eigenvalue weighted by Crippen LogP contribution is -2.21. The van der Waals surface area contributed by atoms with E-state index >= 15 is 0 Å². The predicted molar refractivity (Wildman–Crippen MR) is 75.4 cm³/mol. The van der Waals surface area contributed by atoms with Gasteiger partial charge in [-0.2, -0.15) is 0 Å². The summed E-state index contributed by atoms with van der Waals surface area (Å²) in [5, 5.41) is 3.99. The lowest BCUT2D eigenvalue weighted by atomic mass is 10.2. The summed E-state index contributed by atoms with van der Waals surface area (Å²) < 4.78 is 10.7. The summed E-state index contributed by atoms with van der Waals surface area (Å²) in [4.78, 5) is 0. The molecule has 0 fully saturated rings. The fourth-order valence-corrected chi connectivity index (χ4v) is 1.63. The Balaban J connectivity index is 2.56. The Hall–Kier alpha value is -0.770. The Morgan fingerprint density at radius 3 is 2.56 bits per heavy atom. The molecule has 0 amide bonds. The zero-order valence-corrected chi connectivity index (χ0v) is 12.3. The van der Waals surface area contributed by atoms with Crippen molar-refractivity contribution < 1.29 is 9.47 Å². The van der Waals surface area contributed by atoms with Gasteiger partial charge in [-0.05, 0) is 24.6 Å². The van der Waals surface area contributed by atoms with Crippen LogP contribution in [-0.2, 0) is 11.3 Å². The monoisotopic (exact) mass is 271 g/mol. The standard InChI is InChI=1S/C14H22ClNO2/c1-10(2)16-8-12-5-6-14(13(15)7-12)18-9-11(3)17-4/h5-7,10-11,16H,8-9H2,1-4H3. The molecule has 0 heterocycles. The molecule has 1 aromatic carbocycles. The van der Waals surface area contributed by atoms with E-state index in [-0.39, 0.29) is 6.10 Å². The maximum atomic E-state index is 6.18. The number of ether oxygens (including phenoxy) is 2. The quantitative estimate of drug-likeness (QED) is 0.826. The summed E-state index contributed by atoms with van der Waals surface area (Å²) in [5.74, 6) is 0.703. The second-order valence-electron chi connectivity index (χ2n) is 4.66. The van der Waals surface area contributed by atoms with E-state index in [1.54, 1.807) is 7.11 Å². The first-order valence-electron chi connectivity index (χ1n) is 6.20. The highest BCUT2D eigenvalue weighted by Gasteiger charge is 2.06. The molecule has 18 heavy (non-hydrogen) atoms. The summed E-state index contributed by atoms with van der Waals surface area (Å²) >= 11 is 6.18. The summed E-state index contributed by atoms with van der Waals surface area (Å²) in [6.45, 7) is 7.50. The highest BCUT2D eigenvalue weighted by Crippen LogP contribution is 2.25. The molecule has 1 N–H and O–H groups in total. The summed E-state index contributed by atoms with van der Waals surface area (Å²) in [5.41, 5.74) is 1.15. The van der Waals surface area contributed by atoms with Gasteiger partial charge in [0.1, 0.15) is 12.4 Å². The van der Waals surface area contributed by atoms with E-state index in [0.29, 0.717) is 23.4 Å². The normalized spacial score (nSPS) is 12.8. The SMILES string of the molecule is COC(C)COc1ccc(CNC(C)C)cc1Cl. The molecule has 0 bridgehead atoms. The minimum atomic E-state index is 0.0587. The van der Waals surface area contributed by atoms with Crippen LogP contribution in [0.4, 0.5) is 0 Å². The Morgan fingerprint density at radius 2 is 2.00 bits per heavy atom. The maximum Gasteiger partial charge on any atom is 0.138 e. The van der Waals surface area contributed by atoms with Crippen molar-refractivity contribution in [1.29, 1.82) is 0 Å². The van der Waals surface area contributed by atoms with E-state index in [4.69, 9.17) is 21.1 Å². The number of hydrogen-bond acceptors (Lipinski definition) is 3. The molecule has 0 radical (unpaired) electrons. The van der Waals surface area contributed by atoms with E-state index in [1.807, 2.05) is 25.1 Å². The zero-order valence-electron chi connectivity index (χ0n) is 11.5. The molecule has 1 aromatic rings. The summed E-state index contributed by atoms with van der Waals surface area (Å²) in [6.07, 6.45) is 0.0587. The van der Waals surface area contributed by atoms with Crippen LogP contribution in [0.25, 0.3) is 0 Å². The Labute approximate surface area is 114 Å². The molecule has 0 aliphatic carbocycles. The first kappa shape index (κ1) is 15.3. The molecule has 0 spiro atoms. The van der Waals surface area contributed by atoms with Gasteiger partial charge in [0.2, 0.25) is 0 Å². The minimum absolute atomic E-state index is 0.0587. The van der Waals surface area contributed by atoms with Gasteiger partial charge >= 0.3 is 0 Å². The highest BCUT2D eigenvalue weighted by molar-refractivity contribution is 6.32. The third-order valence-electron chi connectivity index (χ3n) is 2.59. The topological polar surface area (TPSA) is 30.5 Å². The van der Waals surface area contributed by atoms with Gasteiger partial charge in [0.15, 0.2) is 0 Å². The zero-order chi connectivity index (χ0) is 13.5. The summed E-state index contributed by atoms with van der Waals surface area (Å²) in [6, 6.07) is 6.32. The first-order valence-corrected chi connectivity index (χ1v) is 6.58. The van der Waals surface area contributed by atoms with Crippen LogP contribution in [0.5, 0.6) is 5.75 Å². The van der Waals surface area contributed by atoms with E-state index in [0.717, 1.165) is 12.1 Å². The van der Waals surface area contributed by atoms with Crippen LogP contribution >= 0.6 is 11.6 Å². The molecular formula is C14H22ClNO2. The Bertz CT molecular complexity index is 369. The molecule has 4 heteroatoms. The molecule has 0 saturated carbocycles. The van der Waals surface area contributed by atoms with Crippen molar-refractivity contribution in [2.75, 3.05) is 13.7 Å². The second kappa shape index (κ2) is 7.62. The average Bonchev–Trinajstić information content (AvgIpc) is 2.34. The van der Waals surface area contributed by atoms with Gasteiger partial charge in [-0.1, -0.05) is 31.5 Å². The van der Waals surface area contributed by atoms with E-state index < -0.39 is 0 Å². The molecule has 0 aliphatic heterocycles. The largest absolute Gasteiger partial charge is 0.489 e. The maximum absolute atomic E-state index is 6.18. The number of halogens is 1. The molecule has 102 valence electrons. The van der Waals surface area contributed by atoms with Gasteiger partial charge < -0.3 is 14.8 Å². The number of hydrogen-bond donors (Lipinski definition) is 1. The average molecular weight is 272 g/mol. The van der Waals surface area contributed by atoms with E-state index in [9.17, 15) is 0 Å². The van der Waals surface area contributed by atoms with Crippen molar-refractivity contribution in [3.05, 3.63) is 28.8 Å². The fraction of sp³-hybridized carbons (Fsp3) is 0.571. The van der Waals surface area contributed by atoms with Gasteiger partial charge in [0, 0.05) is 19.7 Å². The molecule has 0 saturated heterocycles. The second-order valence-corrected chi connectivity index (χ2v) is 5.06. The van der Waals surface area contributed by atoms with Crippen molar-refractivity contribution in [3.8, 4) is 5.75 Å². The van der Waals surface area contributed by atoms with E-state index in [1.165, 1.54) is 0 Å². The molecule has 0 aliphatic rings. The van der Waals surface area contributed by atoms with Crippen LogP contribution in [0.2, 0.25) is 5.02 Å². The van der Waals surface area contributed by atoms with E-state index in [2.05, 4.69) is 19.2 Å². The van der Waals surface area contributed by atoms with Gasteiger partial charge in [0.25, 0.3) is 0 Å². The van der Waals surface area contributed by atoms with Crippen LogP contribution in [0.3, 0.4) is 0 Å². The molecule has 3 nitrogen and oxygen atoms in total. The smallest absolute Gasteiger partial charge is 0.138 e. The predicted octanol–water partition coefficient (Wildman–Crippen LogP) is 3.25. The van der Waals surface area contributed by atoms with Gasteiger partial charge in [-0.25, -0.2) is 0 Å². The molecular weight excluding hydrogens is 250 g/mol. The number of benzene rings is 1. The third kappa shape index (κ3) is 5.25. The van der Waals surface area contributed by atoms with Crippen LogP contribution in [0.15, 0.2) is 18.2 Å². The highest BCUT2D eigenvalue weighted by atomic mass is 35.5. The van der Waals surface area contributed by atoms with Crippen LogP contribution in [-0.4, -0.2) is 25.9 Å². The number of methoxy groups -OCH3 is 1. The minimum Gasteiger partial charge on any atom is -0.489 e. The molecule has 1 unspecified atom stereocenters. The van der Waals surface area contributed by atoms with Crippen molar-refractivity contribution >= 4 is 11.6 Å². The lowest BCUT2D eigenvalue weighted by Gasteiger charge is -2.14. The van der Waals surface area contributed by atoms with Crippen molar-refractivity contribution in [2.45, 2.75) is 39.5 Å². The molecule has 0 aromatic heterocycles. The summed E-state index contributed by atoms with van der Waals surface area (Å²) in [7, 11) is 1.66. The van der Waals surface area contributed by atoms with Gasteiger partial charge in [-0.3, -0.25) is 0 Å². The van der Waals surface area contributed by atoms with Crippen molar-refractivity contribution in [1.82, 2.24) is 5.32 Å². The van der Waals surface area contributed by atoms with Crippen molar-refractivity contribution in [3.63, 3.8) is 0 Å². The van der Waals surface area contributed by atoms with Crippen molar-refractivity contribution in [2.24, 2.45) is 0 Å². The number of nitrogens with one attached hydrogen (secondary N) is 1. The Kier molecular flexibility index (Phi) is 6.47. The molecule has 1 atom stereocenters. The fourth-order valence-electron chi connectivity index (χ4n) is 1.37. The number of rotatable bonds is 7. The molecule has 1 rings (SSSR count). The van der Waals surface area contributed by atoms with Crippen LogP contribution < -0.4 is 10.1 Å².